The summed E-state index contributed by atoms with van der Waals surface area (Å²) in [6.45, 7) is 3.92. The van der Waals surface area contributed by atoms with E-state index in [1.54, 1.807) is 12.1 Å². The van der Waals surface area contributed by atoms with Crippen molar-refractivity contribution in [3.63, 3.8) is 0 Å². The van der Waals surface area contributed by atoms with Gasteiger partial charge in [0.1, 0.15) is 5.75 Å². The molecule has 3 nitrogen and oxygen atoms in total. The number of hydrogen-bond acceptors (Lipinski definition) is 2. The molecule has 0 unspecified atom stereocenters. The molecule has 0 aromatic heterocycles. The van der Waals surface area contributed by atoms with E-state index in [0.29, 0.717) is 17.4 Å². The van der Waals surface area contributed by atoms with E-state index in [2.05, 4.69) is 21.2 Å². The second-order valence-corrected chi connectivity index (χ2v) is 5.41. The van der Waals surface area contributed by atoms with Crippen molar-refractivity contribution >= 4 is 21.8 Å². The number of rotatable bonds is 4. The van der Waals surface area contributed by atoms with Crippen molar-refractivity contribution in [3.8, 4) is 5.75 Å². The van der Waals surface area contributed by atoms with E-state index in [1.807, 2.05) is 19.9 Å². The zero-order valence-corrected chi connectivity index (χ0v) is 11.6. The lowest BCUT2D eigenvalue weighted by Crippen LogP contribution is -2.25. The van der Waals surface area contributed by atoms with Gasteiger partial charge in [-0.3, -0.25) is 4.79 Å². The van der Waals surface area contributed by atoms with Gasteiger partial charge in [-0.2, -0.15) is 0 Å². The fourth-order valence-corrected chi connectivity index (χ4v) is 1.83. The molecule has 0 bridgehead atoms. The molecule has 0 radical (unpaired) electrons. The first-order valence-corrected chi connectivity index (χ1v) is 6.62. The van der Waals surface area contributed by atoms with Gasteiger partial charge in [0.2, 0.25) is 0 Å². The first-order valence-electron chi connectivity index (χ1n) is 5.83. The van der Waals surface area contributed by atoms with Crippen LogP contribution < -0.4 is 10.1 Å². The predicted octanol–water partition coefficient (Wildman–Crippen LogP) is 3.13. The summed E-state index contributed by atoms with van der Waals surface area (Å²) in [5.41, 5.74) is 0.649. The van der Waals surface area contributed by atoms with E-state index in [1.165, 1.54) is 0 Å². The molecule has 1 aromatic rings. The molecule has 2 rings (SSSR count). The average molecular weight is 298 g/mol. The number of hydrogen-bond donors (Lipinski definition) is 1. The molecule has 1 amide bonds. The lowest BCUT2D eigenvalue weighted by atomic mass is 10.2. The van der Waals surface area contributed by atoms with Crippen LogP contribution in [0.2, 0.25) is 0 Å². The minimum absolute atomic E-state index is 0.0198. The largest absolute Gasteiger partial charge is 0.490 e. The maximum atomic E-state index is 11.9. The Bertz CT molecular complexity index is 427. The SMILES string of the molecule is CC(C)Oc1cc(C(=O)NC2CC2)ccc1Br. The molecule has 0 heterocycles. The summed E-state index contributed by atoms with van der Waals surface area (Å²) in [4.78, 5) is 11.9. The highest BCUT2D eigenvalue weighted by molar-refractivity contribution is 9.10. The Kier molecular flexibility index (Phi) is 3.72. The van der Waals surface area contributed by atoms with E-state index < -0.39 is 0 Å². The van der Waals surface area contributed by atoms with Gasteiger partial charge in [0.15, 0.2) is 0 Å². The Morgan fingerprint density at radius 2 is 2.18 bits per heavy atom. The van der Waals surface area contributed by atoms with Crippen LogP contribution in [0.15, 0.2) is 22.7 Å². The van der Waals surface area contributed by atoms with Gasteiger partial charge in [-0.15, -0.1) is 0 Å². The standard InChI is InChI=1S/C13H16BrNO2/c1-8(2)17-12-7-9(3-6-11(12)14)13(16)15-10-4-5-10/h3,6-8,10H,4-5H2,1-2H3,(H,15,16). The Morgan fingerprint density at radius 3 is 2.76 bits per heavy atom. The Hall–Kier alpha value is -1.03. The van der Waals surface area contributed by atoms with Crippen molar-refractivity contribution in [2.75, 3.05) is 0 Å². The smallest absolute Gasteiger partial charge is 0.251 e. The number of halogens is 1. The van der Waals surface area contributed by atoms with Crippen molar-refractivity contribution < 1.29 is 9.53 Å². The molecule has 0 saturated heterocycles. The second-order valence-electron chi connectivity index (χ2n) is 4.56. The van der Waals surface area contributed by atoms with Crippen LogP contribution in [-0.2, 0) is 0 Å². The molecule has 1 N–H and O–H groups in total. The second kappa shape index (κ2) is 5.08. The van der Waals surface area contributed by atoms with Gasteiger partial charge >= 0.3 is 0 Å². The molecule has 1 fully saturated rings. The summed E-state index contributed by atoms with van der Waals surface area (Å²) >= 11 is 3.41. The lowest BCUT2D eigenvalue weighted by molar-refractivity contribution is 0.0950. The maximum absolute atomic E-state index is 11.9. The normalized spacial score (nSPS) is 14.8. The van der Waals surface area contributed by atoms with Crippen LogP contribution in [0, 0.1) is 0 Å². The summed E-state index contributed by atoms with van der Waals surface area (Å²) in [5.74, 6) is 0.692. The lowest BCUT2D eigenvalue weighted by Gasteiger charge is -2.12. The summed E-state index contributed by atoms with van der Waals surface area (Å²) in [6, 6.07) is 5.80. The van der Waals surface area contributed by atoms with Gasteiger partial charge in [-0.05, 0) is 60.8 Å². The van der Waals surface area contributed by atoms with Crippen molar-refractivity contribution in [1.82, 2.24) is 5.32 Å². The molecule has 92 valence electrons. The number of nitrogens with one attached hydrogen (secondary N) is 1. The van der Waals surface area contributed by atoms with E-state index in [4.69, 9.17) is 4.74 Å². The van der Waals surface area contributed by atoms with Crippen LogP contribution in [0.25, 0.3) is 0 Å². The maximum Gasteiger partial charge on any atom is 0.251 e. The molecular weight excluding hydrogens is 282 g/mol. The van der Waals surface area contributed by atoms with Crippen LogP contribution in [-0.4, -0.2) is 18.1 Å². The fraction of sp³-hybridized carbons (Fsp3) is 0.462. The highest BCUT2D eigenvalue weighted by atomic mass is 79.9. The van der Waals surface area contributed by atoms with E-state index in [-0.39, 0.29) is 12.0 Å². The van der Waals surface area contributed by atoms with Gasteiger partial charge in [0, 0.05) is 11.6 Å². The minimum Gasteiger partial charge on any atom is -0.490 e. The van der Waals surface area contributed by atoms with Gasteiger partial charge in [-0.1, -0.05) is 0 Å². The van der Waals surface area contributed by atoms with Crippen molar-refractivity contribution in [3.05, 3.63) is 28.2 Å². The molecular formula is C13H16BrNO2. The van der Waals surface area contributed by atoms with Crippen LogP contribution in [0.5, 0.6) is 5.75 Å². The molecule has 1 aliphatic rings. The van der Waals surface area contributed by atoms with Crippen molar-refractivity contribution in [2.24, 2.45) is 0 Å². The number of amides is 1. The summed E-state index contributed by atoms with van der Waals surface area (Å²) in [5, 5.41) is 2.96. The number of carbonyl (C=O) groups excluding carboxylic acids is 1. The molecule has 17 heavy (non-hydrogen) atoms. The minimum atomic E-state index is -0.0198. The van der Waals surface area contributed by atoms with Gasteiger partial charge in [-0.25, -0.2) is 0 Å². The third-order valence-electron chi connectivity index (χ3n) is 2.47. The zero-order valence-electron chi connectivity index (χ0n) is 10.00. The van der Waals surface area contributed by atoms with Gasteiger partial charge in [0.05, 0.1) is 10.6 Å². The predicted molar refractivity (Wildman–Crippen MR) is 70.4 cm³/mol. The third kappa shape index (κ3) is 3.46. The first kappa shape index (κ1) is 12.4. The summed E-state index contributed by atoms with van der Waals surface area (Å²) < 4.78 is 6.50. The number of ether oxygens (including phenoxy) is 1. The Morgan fingerprint density at radius 1 is 1.47 bits per heavy atom. The monoisotopic (exact) mass is 297 g/mol. The molecule has 1 aromatic carbocycles. The van der Waals surface area contributed by atoms with Crippen LogP contribution in [0.4, 0.5) is 0 Å². The van der Waals surface area contributed by atoms with E-state index in [0.717, 1.165) is 17.3 Å². The van der Waals surface area contributed by atoms with E-state index >= 15 is 0 Å². The summed E-state index contributed by atoms with van der Waals surface area (Å²) in [6.07, 6.45) is 2.28. The zero-order chi connectivity index (χ0) is 12.4. The van der Waals surface area contributed by atoms with Crippen molar-refractivity contribution in [2.45, 2.75) is 38.8 Å². The fourth-order valence-electron chi connectivity index (χ4n) is 1.49. The topological polar surface area (TPSA) is 38.3 Å². The molecule has 0 spiro atoms. The molecule has 0 aliphatic heterocycles. The molecule has 1 saturated carbocycles. The highest BCUT2D eigenvalue weighted by Gasteiger charge is 2.24. The van der Waals surface area contributed by atoms with Crippen LogP contribution in [0.3, 0.4) is 0 Å². The van der Waals surface area contributed by atoms with Crippen molar-refractivity contribution in [1.29, 1.82) is 0 Å². The van der Waals surface area contributed by atoms with E-state index in [9.17, 15) is 4.79 Å². The quantitative estimate of drug-likeness (QED) is 0.927. The Labute approximate surface area is 110 Å². The third-order valence-corrected chi connectivity index (χ3v) is 3.12. The van der Waals surface area contributed by atoms with Gasteiger partial charge < -0.3 is 10.1 Å². The molecule has 4 heteroatoms. The highest BCUT2D eigenvalue weighted by Crippen LogP contribution is 2.27. The van der Waals surface area contributed by atoms with Gasteiger partial charge in [0.25, 0.3) is 5.91 Å². The number of carbonyl (C=O) groups is 1. The average Bonchev–Trinajstić information content (AvgIpc) is 3.04. The Balaban J connectivity index is 2.13. The summed E-state index contributed by atoms with van der Waals surface area (Å²) in [7, 11) is 0. The van der Waals surface area contributed by atoms with Crippen LogP contribution in [0.1, 0.15) is 37.0 Å². The molecule has 1 aliphatic carbocycles. The van der Waals surface area contributed by atoms with Crippen LogP contribution >= 0.6 is 15.9 Å². The number of benzene rings is 1. The first-order chi connectivity index (χ1) is 8.06. The molecule has 0 atom stereocenters.